The van der Waals surface area contributed by atoms with Crippen LogP contribution in [-0.4, -0.2) is 25.2 Å². The first-order valence-corrected chi connectivity index (χ1v) is 10.1. The number of amides is 1. The van der Waals surface area contributed by atoms with E-state index in [0.717, 1.165) is 36.8 Å². The molecule has 2 aromatic rings. The van der Waals surface area contributed by atoms with E-state index in [0.29, 0.717) is 11.5 Å². The second-order valence-corrected chi connectivity index (χ2v) is 7.14. The topological polar surface area (TPSA) is 77.0 Å². The van der Waals surface area contributed by atoms with Crippen LogP contribution in [0.2, 0.25) is 0 Å². The van der Waals surface area contributed by atoms with Crippen molar-refractivity contribution in [1.82, 2.24) is 5.43 Å². The first-order valence-electron chi connectivity index (χ1n) is 10.1. The number of hydrogen-bond donors (Lipinski definition) is 1. The molecule has 0 heterocycles. The zero-order valence-corrected chi connectivity index (χ0v) is 17.0. The molecule has 3 rings (SSSR count). The highest BCUT2D eigenvalue weighted by atomic mass is 16.6. The third-order valence-electron chi connectivity index (χ3n) is 4.97. The van der Waals surface area contributed by atoms with Crippen molar-refractivity contribution >= 4 is 24.2 Å². The van der Waals surface area contributed by atoms with Crippen LogP contribution in [0.15, 0.2) is 59.7 Å². The lowest BCUT2D eigenvalue weighted by atomic mass is 9.89. The van der Waals surface area contributed by atoms with Crippen LogP contribution in [0.4, 0.5) is 0 Å². The summed E-state index contributed by atoms with van der Waals surface area (Å²) in [7, 11) is 1.50. The minimum atomic E-state index is -0.502. The van der Waals surface area contributed by atoms with E-state index in [2.05, 4.69) is 10.5 Å². The molecule has 1 aliphatic carbocycles. The molecule has 30 heavy (non-hydrogen) atoms. The van der Waals surface area contributed by atoms with Gasteiger partial charge in [-0.3, -0.25) is 4.79 Å². The van der Waals surface area contributed by atoms with Gasteiger partial charge in [-0.1, -0.05) is 49.6 Å². The van der Waals surface area contributed by atoms with Crippen molar-refractivity contribution in [1.29, 1.82) is 0 Å². The maximum atomic E-state index is 12.1. The van der Waals surface area contributed by atoms with Crippen LogP contribution in [0, 0.1) is 5.92 Å². The van der Waals surface area contributed by atoms with Gasteiger partial charge in [0.1, 0.15) is 0 Å². The number of hydrogen-bond acceptors (Lipinski definition) is 5. The van der Waals surface area contributed by atoms with Crippen LogP contribution in [-0.2, 0) is 9.59 Å². The molecule has 0 spiro atoms. The van der Waals surface area contributed by atoms with E-state index in [1.54, 1.807) is 30.5 Å². The Morgan fingerprint density at radius 3 is 2.50 bits per heavy atom. The van der Waals surface area contributed by atoms with Crippen LogP contribution in [0.3, 0.4) is 0 Å². The monoisotopic (exact) mass is 406 g/mol. The highest BCUT2D eigenvalue weighted by Crippen LogP contribution is 2.28. The molecule has 0 aliphatic heterocycles. The minimum Gasteiger partial charge on any atom is -0.493 e. The van der Waals surface area contributed by atoms with Gasteiger partial charge in [0.2, 0.25) is 5.91 Å². The Morgan fingerprint density at radius 2 is 1.77 bits per heavy atom. The van der Waals surface area contributed by atoms with Crippen molar-refractivity contribution in [2.75, 3.05) is 7.11 Å². The summed E-state index contributed by atoms with van der Waals surface area (Å²) in [4.78, 5) is 24.2. The van der Waals surface area contributed by atoms with Gasteiger partial charge in [-0.15, -0.1) is 0 Å². The Kier molecular flexibility index (Phi) is 7.78. The van der Waals surface area contributed by atoms with Crippen molar-refractivity contribution in [3.05, 3.63) is 65.7 Å². The third-order valence-corrected chi connectivity index (χ3v) is 4.97. The first-order chi connectivity index (χ1) is 14.7. The van der Waals surface area contributed by atoms with E-state index in [-0.39, 0.29) is 11.8 Å². The van der Waals surface area contributed by atoms with Gasteiger partial charge < -0.3 is 9.47 Å². The number of carbonyl (C=O) groups excluding carboxylic acids is 2. The summed E-state index contributed by atoms with van der Waals surface area (Å²) < 4.78 is 10.7. The SMILES string of the molecule is COc1cc(/C=N\NC(=O)C2CCCCC2)ccc1OC(=O)/C=C/c1ccccc1. The van der Waals surface area contributed by atoms with E-state index < -0.39 is 5.97 Å². The molecule has 0 saturated heterocycles. The van der Waals surface area contributed by atoms with Gasteiger partial charge in [0.15, 0.2) is 11.5 Å². The number of ether oxygens (including phenoxy) is 2. The Hall–Kier alpha value is -3.41. The fraction of sp³-hybridized carbons (Fsp3) is 0.292. The largest absolute Gasteiger partial charge is 0.493 e. The Morgan fingerprint density at radius 1 is 1.00 bits per heavy atom. The van der Waals surface area contributed by atoms with Crippen LogP contribution in [0.25, 0.3) is 6.08 Å². The molecule has 0 atom stereocenters. The summed E-state index contributed by atoms with van der Waals surface area (Å²) in [6.45, 7) is 0. The number of hydrazone groups is 1. The minimum absolute atomic E-state index is 0.0336. The molecule has 1 aliphatic rings. The summed E-state index contributed by atoms with van der Waals surface area (Å²) >= 11 is 0. The first kappa shape index (κ1) is 21.3. The zero-order valence-electron chi connectivity index (χ0n) is 17.0. The van der Waals surface area contributed by atoms with E-state index in [1.807, 2.05) is 30.3 Å². The van der Waals surface area contributed by atoms with E-state index >= 15 is 0 Å². The molecule has 1 saturated carbocycles. The molecular weight excluding hydrogens is 380 g/mol. The predicted molar refractivity (Wildman–Crippen MR) is 116 cm³/mol. The van der Waals surface area contributed by atoms with Crippen molar-refractivity contribution in [2.24, 2.45) is 11.0 Å². The van der Waals surface area contributed by atoms with Crippen molar-refractivity contribution < 1.29 is 19.1 Å². The highest BCUT2D eigenvalue weighted by molar-refractivity contribution is 5.89. The van der Waals surface area contributed by atoms with Crippen molar-refractivity contribution in [3.63, 3.8) is 0 Å². The summed E-state index contributed by atoms with van der Waals surface area (Å²) in [6.07, 6.45) is 9.84. The van der Waals surface area contributed by atoms with E-state index in [9.17, 15) is 9.59 Å². The highest BCUT2D eigenvalue weighted by Gasteiger charge is 2.20. The van der Waals surface area contributed by atoms with Crippen molar-refractivity contribution in [2.45, 2.75) is 32.1 Å². The molecule has 1 fully saturated rings. The van der Waals surface area contributed by atoms with Gasteiger partial charge in [-0.05, 0) is 48.2 Å². The predicted octanol–water partition coefficient (Wildman–Crippen LogP) is 4.34. The molecule has 1 amide bonds. The average molecular weight is 406 g/mol. The maximum absolute atomic E-state index is 12.1. The number of benzene rings is 2. The van der Waals surface area contributed by atoms with Gasteiger partial charge in [0.05, 0.1) is 13.3 Å². The van der Waals surface area contributed by atoms with Crippen LogP contribution in [0.5, 0.6) is 11.5 Å². The lowest BCUT2D eigenvalue weighted by molar-refractivity contribution is -0.129. The van der Waals surface area contributed by atoms with Crippen molar-refractivity contribution in [3.8, 4) is 11.5 Å². The molecule has 1 N–H and O–H groups in total. The number of methoxy groups -OCH3 is 1. The van der Waals surface area contributed by atoms with Gasteiger partial charge >= 0.3 is 5.97 Å². The van der Waals surface area contributed by atoms with E-state index in [1.165, 1.54) is 19.6 Å². The fourth-order valence-electron chi connectivity index (χ4n) is 3.35. The van der Waals surface area contributed by atoms with Gasteiger partial charge in [-0.25, -0.2) is 10.2 Å². The molecule has 0 bridgehead atoms. The lowest BCUT2D eigenvalue weighted by Gasteiger charge is -2.19. The average Bonchev–Trinajstić information content (AvgIpc) is 2.79. The molecular formula is C24H26N2O4. The smallest absolute Gasteiger partial charge is 0.336 e. The van der Waals surface area contributed by atoms with Crippen LogP contribution < -0.4 is 14.9 Å². The van der Waals surface area contributed by atoms with Crippen LogP contribution >= 0.6 is 0 Å². The fourth-order valence-corrected chi connectivity index (χ4v) is 3.35. The Bertz CT molecular complexity index is 916. The third kappa shape index (κ3) is 6.30. The quantitative estimate of drug-likeness (QED) is 0.244. The summed E-state index contributed by atoms with van der Waals surface area (Å²) in [5.41, 5.74) is 4.24. The molecule has 0 aromatic heterocycles. The van der Waals surface area contributed by atoms with Crippen LogP contribution in [0.1, 0.15) is 43.2 Å². The normalized spacial score (nSPS) is 14.7. The molecule has 6 heteroatoms. The standard InChI is InChI=1S/C24H26N2O4/c1-29-22-16-19(17-25-26-24(28)20-10-6-3-7-11-20)12-14-21(22)30-23(27)15-13-18-8-4-2-5-9-18/h2,4-5,8-9,12-17,20H,3,6-7,10-11H2,1H3,(H,26,28)/b15-13+,25-17-. The van der Waals surface area contributed by atoms with Gasteiger partial charge in [-0.2, -0.15) is 5.10 Å². The molecule has 156 valence electrons. The van der Waals surface area contributed by atoms with Gasteiger partial charge in [0, 0.05) is 12.0 Å². The lowest BCUT2D eigenvalue weighted by Crippen LogP contribution is -2.28. The number of carbonyl (C=O) groups is 2. The summed E-state index contributed by atoms with van der Waals surface area (Å²) in [5, 5.41) is 4.05. The Labute approximate surface area is 176 Å². The number of rotatable bonds is 7. The zero-order chi connectivity index (χ0) is 21.2. The second kappa shape index (κ2) is 11.0. The maximum Gasteiger partial charge on any atom is 0.336 e. The number of nitrogens with zero attached hydrogens (tertiary/aromatic N) is 1. The summed E-state index contributed by atoms with van der Waals surface area (Å²) in [6, 6.07) is 14.6. The number of esters is 1. The number of nitrogens with one attached hydrogen (secondary N) is 1. The molecule has 6 nitrogen and oxygen atoms in total. The summed E-state index contributed by atoms with van der Waals surface area (Å²) in [5.74, 6) is 0.228. The molecule has 0 unspecified atom stereocenters. The Balaban J connectivity index is 1.58. The second-order valence-electron chi connectivity index (χ2n) is 7.14. The molecule has 0 radical (unpaired) electrons. The van der Waals surface area contributed by atoms with Gasteiger partial charge in [0.25, 0.3) is 0 Å². The molecule has 2 aromatic carbocycles. The van der Waals surface area contributed by atoms with E-state index in [4.69, 9.17) is 9.47 Å².